The quantitative estimate of drug-likeness (QED) is 0.713. The molecule has 3 heteroatoms. The van der Waals surface area contributed by atoms with Gasteiger partial charge in [-0.25, -0.2) is 0 Å². The van der Waals surface area contributed by atoms with Gasteiger partial charge in [0.2, 0.25) is 0 Å². The second-order valence-electron chi connectivity index (χ2n) is 3.09. The molecule has 0 aliphatic carbocycles. The predicted molar refractivity (Wildman–Crippen MR) is 50.6 cm³/mol. The van der Waals surface area contributed by atoms with Gasteiger partial charge in [0.15, 0.2) is 0 Å². The molecule has 0 bridgehead atoms. The summed E-state index contributed by atoms with van der Waals surface area (Å²) in [6.45, 7) is 2.91. The molecule has 0 fully saturated rings. The molecule has 0 saturated carbocycles. The normalized spacial score (nSPS) is 10.0. The van der Waals surface area contributed by atoms with Crippen LogP contribution < -0.4 is 0 Å². The molecule has 1 rings (SSSR count). The number of hydrogen-bond acceptors (Lipinski definition) is 2. The highest BCUT2D eigenvalue weighted by Gasteiger charge is 2.11. The standard InChI is InChI=1S/C10H15NO2/c1-3-4-6-11(2)10(12)9-5-7-13-8-9/h5,7-8H,3-4,6H2,1-2H3. The lowest BCUT2D eigenvalue weighted by molar-refractivity contribution is 0.0792. The van der Waals surface area contributed by atoms with E-state index < -0.39 is 0 Å². The van der Waals surface area contributed by atoms with Gasteiger partial charge in [0.25, 0.3) is 5.91 Å². The Balaban J connectivity index is 2.48. The Morgan fingerprint density at radius 1 is 1.62 bits per heavy atom. The van der Waals surface area contributed by atoms with Gasteiger partial charge in [0.05, 0.1) is 11.8 Å². The maximum absolute atomic E-state index is 11.6. The predicted octanol–water partition coefficient (Wildman–Crippen LogP) is 2.15. The molecule has 0 saturated heterocycles. The first-order chi connectivity index (χ1) is 6.25. The molecule has 72 valence electrons. The van der Waals surface area contributed by atoms with Crippen LogP contribution in [0.1, 0.15) is 30.1 Å². The summed E-state index contributed by atoms with van der Waals surface area (Å²) in [6, 6.07) is 1.69. The van der Waals surface area contributed by atoms with Gasteiger partial charge >= 0.3 is 0 Å². The van der Waals surface area contributed by atoms with E-state index in [1.54, 1.807) is 11.0 Å². The number of amides is 1. The van der Waals surface area contributed by atoms with Gasteiger partial charge < -0.3 is 9.32 Å². The molecule has 1 aromatic heterocycles. The largest absolute Gasteiger partial charge is 0.472 e. The lowest BCUT2D eigenvalue weighted by atomic mass is 10.2. The van der Waals surface area contributed by atoms with Gasteiger partial charge in [0, 0.05) is 13.6 Å². The molecule has 0 spiro atoms. The van der Waals surface area contributed by atoms with E-state index in [4.69, 9.17) is 4.42 Å². The molecule has 1 heterocycles. The van der Waals surface area contributed by atoms with Crippen LogP contribution in [0.5, 0.6) is 0 Å². The summed E-state index contributed by atoms with van der Waals surface area (Å²) in [5.74, 6) is 0.0298. The van der Waals surface area contributed by atoms with E-state index in [0.29, 0.717) is 5.56 Å². The van der Waals surface area contributed by atoms with Crippen LogP contribution in [0.15, 0.2) is 23.0 Å². The number of carbonyl (C=O) groups excluding carboxylic acids is 1. The summed E-state index contributed by atoms with van der Waals surface area (Å²) >= 11 is 0. The SMILES string of the molecule is CCCCN(C)C(=O)c1ccoc1. The fourth-order valence-electron chi connectivity index (χ4n) is 1.10. The molecule has 13 heavy (non-hydrogen) atoms. The molecule has 0 aliphatic heterocycles. The molecule has 0 radical (unpaired) electrons. The summed E-state index contributed by atoms with van der Waals surface area (Å²) in [7, 11) is 1.81. The van der Waals surface area contributed by atoms with Crippen LogP contribution in [0.25, 0.3) is 0 Å². The topological polar surface area (TPSA) is 33.5 Å². The number of hydrogen-bond donors (Lipinski definition) is 0. The minimum absolute atomic E-state index is 0.0298. The zero-order chi connectivity index (χ0) is 9.68. The summed E-state index contributed by atoms with van der Waals surface area (Å²) in [5, 5.41) is 0. The summed E-state index contributed by atoms with van der Waals surface area (Å²) in [6.07, 6.45) is 5.13. The van der Waals surface area contributed by atoms with Gasteiger partial charge in [-0.2, -0.15) is 0 Å². The van der Waals surface area contributed by atoms with Crippen LogP contribution in [-0.2, 0) is 0 Å². The smallest absolute Gasteiger partial charge is 0.256 e. The Hall–Kier alpha value is -1.25. The van der Waals surface area contributed by atoms with Crippen LogP contribution in [0, 0.1) is 0 Å². The Labute approximate surface area is 78.3 Å². The van der Waals surface area contributed by atoms with E-state index in [-0.39, 0.29) is 5.91 Å². The molecular formula is C10H15NO2. The van der Waals surface area contributed by atoms with Gasteiger partial charge in [-0.1, -0.05) is 13.3 Å². The summed E-state index contributed by atoms with van der Waals surface area (Å²) in [5.41, 5.74) is 0.624. The van der Waals surface area contributed by atoms with Crippen LogP contribution in [-0.4, -0.2) is 24.4 Å². The van der Waals surface area contributed by atoms with Crippen LogP contribution in [0.4, 0.5) is 0 Å². The first-order valence-corrected chi connectivity index (χ1v) is 4.53. The molecular weight excluding hydrogens is 166 g/mol. The van der Waals surface area contributed by atoms with Gasteiger partial charge in [-0.3, -0.25) is 4.79 Å². The number of rotatable bonds is 4. The van der Waals surface area contributed by atoms with E-state index in [1.807, 2.05) is 7.05 Å². The van der Waals surface area contributed by atoms with E-state index in [2.05, 4.69) is 6.92 Å². The average Bonchev–Trinajstić information content (AvgIpc) is 2.65. The highest BCUT2D eigenvalue weighted by atomic mass is 16.3. The maximum Gasteiger partial charge on any atom is 0.256 e. The fraction of sp³-hybridized carbons (Fsp3) is 0.500. The Morgan fingerprint density at radius 2 is 2.38 bits per heavy atom. The van der Waals surface area contributed by atoms with E-state index in [0.717, 1.165) is 19.4 Å². The Morgan fingerprint density at radius 3 is 2.92 bits per heavy atom. The summed E-state index contributed by atoms with van der Waals surface area (Å²) < 4.78 is 4.84. The zero-order valence-electron chi connectivity index (χ0n) is 8.12. The third-order valence-corrected chi connectivity index (χ3v) is 1.96. The van der Waals surface area contributed by atoms with Crippen molar-refractivity contribution >= 4 is 5.91 Å². The average molecular weight is 181 g/mol. The Kier molecular flexibility index (Phi) is 3.55. The highest BCUT2D eigenvalue weighted by Crippen LogP contribution is 2.04. The number of nitrogens with zero attached hydrogens (tertiary/aromatic N) is 1. The second-order valence-corrected chi connectivity index (χ2v) is 3.09. The molecule has 0 atom stereocenters. The molecule has 1 amide bonds. The van der Waals surface area contributed by atoms with E-state index in [1.165, 1.54) is 12.5 Å². The second kappa shape index (κ2) is 4.70. The number of unbranched alkanes of at least 4 members (excludes halogenated alkanes) is 1. The minimum atomic E-state index is 0.0298. The molecule has 0 aromatic carbocycles. The van der Waals surface area contributed by atoms with Crippen molar-refractivity contribution in [3.8, 4) is 0 Å². The lowest BCUT2D eigenvalue weighted by Gasteiger charge is -2.15. The highest BCUT2D eigenvalue weighted by molar-refractivity contribution is 5.93. The van der Waals surface area contributed by atoms with Crippen molar-refractivity contribution in [2.24, 2.45) is 0 Å². The van der Waals surface area contributed by atoms with Gasteiger partial charge in [-0.05, 0) is 12.5 Å². The van der Waals surface area contributed by atoms with Crippen LogP contribution in [0.2, 0.25) is 0 Å². The van der Waals surface area contributed by atoms with Gasteiger partial charge in [0.1, 0.15) is 6.26 Å². The van der Waals surface area contributed by atoms with Crippen molar-refractivity contribution in [1.29, 1.82) is 0 Å². The van der Waals surface area contributed by atoms with Crippen molar-refractivity contribution in [2.75, 3.05) is 13.6 Å². The monoisotopic (exact) mass is 181 g/mol. The first kappa shape index (κ1) is 9.84. The molecule has 1 aromatic rings. The van der Waals surface area contributed by atoms with Crippen molar-refractivity contribution < 1.29 is 9.21 Å². The summed E-state index contributed by atoms with van der Waals surface area (Å²) in [4.78, 5) is 13.3. The van der Waals surface area contributed by atoms with Crippen molar-refractivity contribution in [3.63, 3.8) is 0 Å². The third kappa shape index (κ3) is 2.61. The third-order valence-electron chi connectivity index (χ3n) is 1.96. The lowest BCUT2D eigenvalue weighted by Crippen LogP contribution is -2.27. The molecule has 3 nitrogen and oxygen atoms in total. The molecule has 0 aliphatic rings. The fourth-order valence-corrected chi connectivity index (χ4v) is 1.10. The first-order valence-electron chi connectivity index (χ1n) is 4.53. The number of carbonyl (C=O) groups is 1. The van der Waals surface area contributed by atoms with Crippen LogP contribution >= 0.6 is 0 Å². The zero-order valence-corrected chi connectivity index (χ0v) is 8.12. The van der Waals surface area contributed by atoms with Crippen molar-refractivity contribution in [1.82, 2.24) is 4.90 Å². The molecule has 0 unspecified atom stereocenters. The Bertz CT molecular complexity index is 254. The van der Waals surface area contributed by atoms with Crippen LogP contribution in [0.3, 0.4) is 0 Å². The van der Waals surface area contributed by atoms with E-state index in [9.17, 15) is 4.79 Å². The molecule has 0 N–H and O–H groups in total. The van der Waals surface area contributed by atoms with E-state index >= 15 is 0 Å². The van der Waals surface area contributed by atoms with Gasteiger partial charge in [-0.15, -0.1) is 0 Å². The van der Waals surface area contributed by atoms with Crippen molar-refractivity contribution in [2.45, 2.75) is 19.8 Å². The minimum Gasteiger partial charge on any atom is -0.472 e. The number of furan rings is 1. The maximum atomic E-state index is 11.6. The van der Waals surface area contributed by atoms with Crippen molar-refractivity contribution in [3.05, 3.63) is 24.2 Å².